The molecule has 0 aliphatic rings. The number of aromatic nitrogens is 1. The molecule has 1 amide bonds. The zero-order valence-corrected chi connectivity index (χ0v) is 12.2. The maximum absolute atomic E-state index is 12.2. The van der Waals surface area contributed by atoms with E-state index in [1.54, 1.807) is 13.3 Å². The van der Waals surface area contributed by atoms with E-state index in [9.17, 15) is 4.79 Å². The largest absolute Gasteiger partial charge is 0.497 e. The summed E-state index contributed by atoms with van der Waals surface area (Å²) in [6, 6.07) is 17.2. The lowest BCUT2D eigenvalue weighted by atomic mass is 10.1. The van der Waals surface area contributed by atoms with Crippen molar-refractivity contribution in [3.05, 3.63) is 71.9 Å². The molecule has 0 fully saturated rings. The Balaban J connectivity index is 1.76. The number of fused-ring (bicyclic) bond motifs is 1. The van der Waals surface area contributed by atoms with Crippen molar-refractivity contribution in [2.24, 2.45) is 0 Å². The first kappa shape index (κ1) is 14.1. The van der Waals surface area contributed by atoms with Gasteiger partial charge in [-0.2, -0.15) is 0 Å². The zero-order valence-electron chi connectivity index (χ0n) is 12.2. The van der Waals surface area contributed by atoms with E-state index in [4.69, 9.17) is 4.74 Å². The highest BCUT2D eigenvalue weighted by molar-refractivity contribution is 5.97. The van der Waals surface area contributed by atoms with Gasteiger partial charge in [0.15, 0.2) is 0 Å². The van der Waals surface area contributed by atoms with Gasteiger partial charge in [-0.15, -0.1) is 0 Å². The molecule has 0 unspecified atom stereocenters. The summed E-state index contributed by atoms with van der Waals surface area (Å²) in [5.41, 5.74) is 2.42. The van der Waals surface area contributed by atoms with Crippen molar-refractivity contribution in [1.29, 1.82) is 0 Å². The Morgan fingerprint density at radius 1 is 1.14 bits per heavy atom. The normalized spacial score (nSPS) is 10.4. The number of methoxy groups -OCH3 is 1. The molecule has 0 atom stereocenters. The number of ether oxygens (including phenoxy) is 1. The fraction of sp³-hybridized carbons (Fsp3) is 0.111. The second-order valence-corrected chi connectivity index (χ2v) is 4.95. The molecule has 0 radical (unpaired) electrons. The molecule has 4 heteroatoms. The quantitative estimate of drug-likeness (QED) is 0.803. The number of amides is 1. The van der Waals surface area contributed by atoms with Crippen LogP contribution >= 0.6 is 0 Å². The molecule has 0 bridgehead atoms. The van der Waals surface area contributed by atoms with Crippen LogP contribution in [0.4, 0.5) is 0 Å². The van der Waals surface area contributed by atoms with E-state index in [2.05, 4.69) is 10.3 Å². The summed E-state index contributed by atoms with van der Waals surface area (Å²) < 4.78 is 5.17. The van der Waals surface area contributed by atoms with Gasteiger partial charge in [-0.25, -0.2) is 0 Å². The van der Waals surface area contributed by atoms with E-state index >= 15 is 0 Å². The lowest BCUT2D eigenvalue weighted by Gasteiger charge is -2.07. The highest BCUT2D eigenvalue weighted by Crippen LogP contribution is 2.19. The van der Waals surface area contributed by atoms with Crippen LogP contribution in [0, 0.1) is 0 Å². The molecule has 110 valence electrons. The Bertz CT molecular complexity index is 801. The number of carbonyl (C=O) groups is 1. The summed E-state index contributed by atoms with van der Waals surface area (Å²) in [6.07, 6.45) is 1.59. The monoisotopic (exact) mass is 292 g/mol. The standard InChI is InChI=1S/C18H16N2O2/c1-22-16-8-7-14-9-15(12-19-17(14)10-16)18(21)20-11-13-5-3-2-4-6-13/h2-10,12H,11H2,1H3,(H,20,21). The molecule has 3 aromatic rings. The highest BCUT2D eigenvalue weighted by atomic mass is 16.5. The van der Waals surface area contributed by atoms with Crippen molar-refractivity contribution in [3.63, 3.8) is 0 Å². The van der Waals surface area contributed by atoms with Crippen molar-refractivity contribution >= 4 is 16.8 Å². The minimum atomic E-state index is -0.130. The highest BCUT2D eigenvalue weighted by Gasteiger charge is 2.07. The maximum atomic E-state index is 12.2. The smallest absolute Gasteiger partial charge is 0.253 e. The molecule has 0 aliphatic heterocycles. The van der Waals surface area contributed by atoms with Crippen LogP contribution in [0.2, 0.25) is 0 Å². The van der Waals surface area contributed by atoms with E-state index in [0.717, 1.165) is 22.2 Å². The van der Waals surface area contributed by atoms with Crippen LogP contribution in [0.15, 0.2) is 60.8 Å². The van der Waals surface area contributed by atoms with Crippen molar-refractivity contribution in [2.45, 2.75) is 6.54 Å². The molecule has 1 heterocycles. The van der Waals surface area contributed by atoms with Crippen molar-refractivity contribution in [1.82, 2.24) is 10.3 Å². The first-order valence-corrected chi connectivity index (χ1v) is 7.02. The lowest BCUT2D eigenvalue weighted by molar-refractivity contribution is 0.0950. The van der Waals surface area contributed by atoms with Gasteiger partial charge in [0.25, 0.3) is 5.91 Å². The SMILES string of the molecule is COc1ccc2cc(C(=O)NCc3ccccc3)cnc2c1. The van der Waals surface area contributed by atoms with Crippen LogP contribution in [-0.2, 0) is 6.54 Å². The molecular formula is C18H16N2O2. The number of nitrogens with one attached hydrogen (secondary N) is 1. The van der Waals surface area contributed by atoms with Gasteiger partial charge in [0, 0.05) is 24.2 Å². The summed E-state index contributed by atoms with van der Waals surface area (Å²) in [6.45, 7) is 0.500. The molecule has 1 N–H and O–H groups in total. The van der Waals surface area contributed by atoms with Gasteiger partial charge in [-0.1, -0.05) is 30.3 Å². The van der Waals surface area contributed by atoms with Crippen LogP contribution < -0.4 is 10.1 Å². The minimum Gasteiger partial charge on any atom is -0.497 e. The minimum absolute atomic E-state index is 0.130. The van der Waals surface area contributed by atoms with Gasteiger partial charge in [0.2, 0.25) is 0 Å². The number of pyridine rings is 1. The Kier molecular flexibility index (Phi) is 4.01. The Hall–Kier alpha value is -2.88. The number of hydrogen-bond donors (Lipinski definition) is 1. The number of rotatable bonds is 4. The van der Waals surface area contributed by atoms with E-state index < -0.39 is 0 Å². The Labute approximate surface area is 128 Å². The van der Waals surface area contributed by atoms with Gasteiger partial charge in [0.1, 0.15) is 5.75 Å². The average Bonchev–Trinajstić information content (AvgIpc) is 2.59. The van der Waals surface area contributed by atoms with Crippen molar-refractivity contribution in [2.75, 3.05) is 7.11 Å². The molecule has 3 rings (SSSR count). The van der Waals surface area contributed by atoms with Gasteiger partial charge >= 0.3 is 0 Å². The van der Waals surface area contributed by atoms with E-state index in [1.807, 2.05) is 54.6 Å². The average molecular weight is 292 g/mol. The third-order valence-electron chi connectivity index (χ3n) is 3.45. The van der Waals surface area contributed by atoms with Crippen LogP contribution in [-0.4, -0.2) is 18.0 Å². The predicted molar refractivity (Wildman–Crippen MR) is 85.9 cm³/mol. The van der Waals surface area contributed by atoms with Crippen LogP contribution in [0.5, 0.6) is 5.75 Å². The molecule has 2 aromatic carbocycles. The molecule has 22 heavy (non-hydrogen) atoms. The van der Waals surface area contributed by atoms with Crippen LogP contribution in [0.1, 0.15) is 15.9 Å². The summed E-state index contributed by atoms with van der Waals surface area (Å²) >= 11 is 0. The summed E-state index contributed by atoms with van der Waals surface area (Å²) in [7, 11) is 1.62. The van der Waals surface area contributed by atoms with Crippen molar-refractivity contribution < 1.29 is 9.53 Å². The first-order valence-electron chi connectivity index (χ1n) is 7.02. The van der Waals surface area contributed by atoms with Gasteiger partial charge in [-0.05, 0) is 23.8 Å². The van der Waals surface area contributed by atoms with Crippen LogP contribution in [0.3, 0.4) is 0 Å². The number of nitrogens with zero attached hydrogens (tertiary/aromatic N) is 1. The topological polar surface area (TPSA) is 51.2 Å². The first-order chi connectivity index (χ1) is 10.8. The zero-order chi connectivity index (χ0) is 15.4. The molecular weight excluding hydrogens is 276 g/mol. The summed E-state index contributed by atoms with van der Waals surface area (Å²) in [5.74, 6) is 0.621. The van der Waals surface area contributed by atoms with E-state index in [1.165, 1.54) is 0 Å². The van der Waals surface area contributed by atoms with Gasteiger partial charge in [0.05, 0.1) is 18.2 Å². The number of carbonyl (C=O) groups excluding carboxylic acids is 1. The maximum Gasteiger partial charge on any atom is 0.253 e. The molecule has 0 saturated heterocycles. The third kappa shape index (κ3) is 3.06. The summed E-state index contributed by atoms with van der Waals surface area (Å²) in [5, 5.41) is 3.81. The summed E-state index contributed by atoms with van der Waals surface area (Å²) in [4.78, 5) is 16.5. The van der Waals surface area contributed by atoms with E-state index in [0.29, 0.717) is 12.1 Å². The van der Waals surface area contributed by atoms with Gasteiger partial charge in [-0.3, -0.25) is 9.78 Å². The second-order valence-electron chi connectivity index (χ2n) is 4.95. The fourth-order valence-corrected chi connectivity index (χ4v) is 2.23. The fourth-order valence-electron chi connectivity index (χ4n) is 2.23. The molecule has 0 saturated carbocycles. The molecule has 0 spiro atoms. The van der Waals surface area contributed by atoms with E-state index in [-0.39, 0.29) is 5.91 Å². The van der Waals surface area contributed by atoms with Crippen molar-refractivity contribution in [3.8, 4) is 5.75 Å². The van der Waals surface area contributed by atoms with Gasteiger partial charge < -0.3 is 10.1 Å². The lowest BCUT2D eigenvalue weighted by Crippen LogP contribution is -2.22. The second kappa shape index (κ2) is 6.26. The molecule has 4 nitrogen and oxygen atoms in total. The number of benzene rings is 2. The third-order valence-corrected chi connectivity index (χ3v) is 3.45. The Morgan fingerprint density at radius 3 is 2.73 bits per heavy atom. The molecule has 1 aromatic heterocycles. The Morgan fingerprint density at radius 2 is 1.95 bits per heavy atom. The number of hydrogen-bond acceptors (Lipinski definition) is 3. The van der Waals surface area contributed by atoms with Crippen LogP contribution in [0.25, 0.3) is 10.9 Å². The predicted octanol–water partition coefficient (Wildman–Crippen LogP) is 3.17. The molecule has 0 aliphatic carbocycles.